The summed E-state index contributed by atoms with van der Waals surface area (Å²) < 4.78 is 0. The lowest BCUT2D eigenvalue weighted by atomic mass is 10.2. The van der Waals surface area contributed by atoms with E-state index in [0.717, 1.165) is 12.2 Å². The van der Waals surface area contributed by atoms with Gasteiger partial charge in [0.15, 0.2) is 0 Å². The highest BCUT2D eigenvalue weighted by Crippen LogP contribution is 1.92. The molecule has 0 heterocycles. The highest BCUT2D eigenvalue weighted by atomic mass is 16.1. The molecule has 0 unspecified atom stereocenters. The Morgan fingerprint density at radius 1 is 1.00 bits per heavy atom. The van der Waals surface area contributed by atoms with E-state index in [4.69, 9.17) is 20.4 Å². The largest absolute Gasteiger partial charge is 0.231 e. The standard InChI is InChI=1S/C7H8.C3H8.2CHNO/c1-7-5-3-2-4-6-7;1-3-2;2*2-1-3/h2-6H,1H3;3H2,1-2H3;2*2H. The molecular weight excluding hydrogens is 204 g/mol. The maximum Gasteiger partial charge on any atom is 0.231 e. The van der Waals surface area contributed by atoms with Gasteiger partial charge in [-0.1, -0.05) is 56.2 Å². The van der Waals surface area contributed by atoms with E-state index < -0.39 is 0 Å². The normalized spacial score (nSPS) is 5.94. The van der Waals surface area contributed by atoms with Crippen molar-refractivity contribution >= 4 is 12.2 Å². The lowest BCUT2D eigenvalue weighted by molar-refractivity contribution is 0.562. The minimum Gasteiger partial charge on any atom is -0.222 e. The molecule has 4 nitrogen and oxygen atoms in total. The van der Waals surface area contributed by atoms with E-state index in [1.807, 2.05) is 18.2 Å². The second kappa shape index (κ2) is 23.1. The molecule has 0 aliphatic rings. The summed E-state index contributed by atoms with van der Waals surface area (Å²) >= 11 is 0. The predicted octanol–water partition coefficient (Wildman–Crippen LogP) is 3.21. The minimum absolute atomic E-state index is 0.750. The molecule has 0 radical (unpaired) electrons. The van der Waals surface area contributed by atoms with E-state index in [2.05, 4.69) is 32.9 Å². The van der Waals surface area contributed by atoms with Crippen molar-refractivity contribution in [1.29, 1.82) is 10.8 Å². The van der Waals surface area contributed by atoms with E-state index in [1.54, 1.807) is 0 Å². The Bertz CT molecular complexity index is 273. The molecule has 1 aromatic rings. The van der Waals surface area contributed by atoms with Gasteiger partial charge in [-0.25, -0.2) is 20.4 Å². The van der Waals surface area contributed by atoms with Crippen LogP contribution < -0.4 is 0 Å². The van der Waals surface area contributed by atoms with Crippen molar-refractivity contribution < 1.29 is 9.59 Å². The molecule has 1 aromatic carbocycles. The molecule has 1 rings (SSSR count). The Morgan fingerprint density at radius 3 is 1.38 bits per heavy atom. The van der Waals surface area contributed by atoms with Gasteiger partial charge in [0.1, 0.15) is 0 Å². The second-order valence-corrected chi connectivity index (χ2v) is 2.57. The van der Waals surface area contributed by atoms with E-state index >= 15 is 0 Å². The molecule has 88 valence electrons. The Hall–Kier alpha value is -2.02. The van der Waals surface area contributed by atoms with Gasteiger partial charge in [0.2, 0.25) is 12.2 Å². The summed E-state index contributed by atoms with van der Waals surface area (Å²) in [5.74, 6) is 0. The number of aryl methyl sites for hydroxylation is 1. The number of carbonyl (C=O) groups excluding carboxylic acids is 2. The monoisotopic (exact) mass is 222 g/mol. The van der Waals surface area contributed by atoms with E-state index in [9.17, 15) is 0 Å². The molecule has 0 saturated heterocycles. The first-order chi connectivity index (χ1) is 7.64. The molecule has 0 spiro atoms. The van der Waals surface area contributed by atoms with Gasteiger partial charge >= 0.3 is 0 Å². The van der Waals surface area contributed by atoms with Crippen LogP contribution in [0.2, 0.25) is 0 Å². The van der Waals surface area contributed by atoms with E-state index in [1.165, 1.54) is 12.0 Å². The van der Waals surface area contributed by atoms with Gasteiger partial charge in [-0.2, -0.15) is 0 Å². The van der Waals surface area contributed by atoms with Crippen molar-refractivity contribution in [3.05, 3.63) is 35.9 Å². The van der Waals surface area contributed by atoms with Crippen LogP contribution in [0.5, 0.6) is 0 Å². The lowest BCUT2D eigenvalue weighted by Crippen LogP contribution is -1.62. The smallest absolute Gasteiger partial charge is 0.222 e. The number of isocyanates is 2. The predicted molar refractivity (Wildman–Crippen MR) is 64.0 cm³/mol. The van der Waals surface area contributed by atoms with Gasteiger partial charge in [-0.15, -0.1) is 0 Å². The summed E-state index contributed by atoms with van der Waals surface area (Å²) in [6, 6.07) is 10.3. The Balaban J connectivity index is -0.000000161. The first kappa shape index (κ1) is 19.5. The quantitative estimate of drug-likeness (QED) is 0.522. The third kappa shape index (κ3) is 40.4. The van der Waals surface area contributed by atoms with Gasteiger partial charge in [-0.05, 0) is 6.92 Å². The Labute approximate surface area is 96.3 Å². The maximum atomic E-state index is 8.35. The average molecular weight is 222 g/mol. The van der Waals surface area contributed by atoms with Gasteiger partial charge in [-0.3, -0.25) is 0 Å². The molecule has 0 aliphatic carbocycles. The van der Waals surface area contributed by atoms with Crippen LogP contribution in [0, 0.1) is 17.7 Å². The van der Waals surface area contributed by atoms with Crippen LogP contribution in [0.15, 0.2) is 30.3 Å². The third-order valence-corrected chi connectivity index (χ3v) is 0.940. The summed E-state index contributed by atoms with van der Waals surface area (Å²) in [5.41, 5.74) is 1.32. The van der Waals surface area contributed by atoms with Gasteiger partial charge in [0.05, 0.1) is 0 Å². The number of benzene rings is 1. The Morgan fingerprint density at radius 2 is 1.25 bits per heavy atom. The molecule has 0 aromatic heterocycles. The van der Waals surface area contributed by atoms with Gasteiger partial charge < -0.3 is 0 Å². The van der Waals surface area contributed by atoms with Crippen molar-refractivity contribution in [2.45, 2.75) is 27.2 Å². The van der Waals surface area contributed by atoms with Crippen molar-refractivity contribution in [1.82, 2.24) is 0 Å². The lowest BCUT2D eigenvalue weighted by Gasteiger charge is -1.82. The maximum absolute atomic E-state index is 8.35. The molecule has 0 aliphatic heterocycles. The summed E-state index contributed by atoms with van der Waals surface area (Å²) in [6.45, 7) is 6.33. The van der Waals surface area contributed by atoms with E-state index in [-0.39, 0.29) is 0 Å². The van der Waals surface area contributed by atoms with Gasteiger partial charge in [0, 0.05) is 0 Å². The van der Waals surface area contributed by atoms with Crippen LogP contribution in [0.4, 0.5) is 0 Å². The topological polar surface area (TPSA) is 81.8 Å². The zero-order valence-corrected chi connectivity index (χ0v) is 9.91. The molecule has 0 bridgehead atoms. The summed E-state index contributed by atoms with van der Waals surface area (Å²) in [5, 5.41) is 10.8. The molecule has 0 atom stereocenters. The number of rotatable bonds is 0. The summed E-state index contributed by atoms with van der Waals surface area (Å²) in [6.07, 6.45) is 2.75. The number of hydrogen-bond donors (Lipinski definition) is 2. The van der Waals surface area contributed by atoms with Crippen molar-refractivity contribution in [2.24, 2.45) is 0 Å². The van der Waals surface area contributed by atoms with Crippen LogP contribution in [0.25, 0.3) is 0 Å². The van der Waals surface area contributed by atoms with Crippen LogP contribution in [-0.4, -0.2) is 12.2 Å². The fraction of sp³-hybridized carbons (Fsp3) is 0.333. The highest BCUT2D eigenvalue weighted by Gasteiger charge is 1.72. The highest BCUT2D eigenvalue weighted by molar-refractivity contribution is 5.26. The summed E-state index contributed by atoms with van der Waals surface area (Å²) in [7, 11) is 0. The SMILES string of the molecule is CCC.Cc1ccccc1.N=C=O.N=C=O. The molecule has 2 N–H and O–H groups in total. The second-order valence-electron chi connectivity index (χ2n) is 2.57. The zero-order chi connectivity index (χ0) is 13.2. The zero-order valence-electron chi connectivity index (χ0n) is 9.91. The number of hydrogen-bond acceptors (Lipinski definition) is 4. The fourth-order valence-electron chi connectivity index (χ4n) is 0.534. The van der Waals surface area contributed by atoms with Crippen LogP contribution in [-0.2, 0) is 9.59 Å². The van der Waals surface area contributed by atoms with Crippen LogP contribution >= 0.6 is 0 Å². The molecule has 0 amide bonds. The Kier molecular flexibility index (Phi) is 28.2. The first-order valence-electron chi connectivity index (χ1n) is 4.73. The first-order valence-corrected chi connectivity index (χ1v) is 4.73. The van der Waals surface area contributed by atoms with E-state index in [0.29, 0.717) is 0 Å². The molecular formula is C12H18N2O2. The number of nitrogens with one attached hydrogen (secondary N) is 2. The van der Waals surface area contributed by atoms with Gasteiger partial charge in [0.25, 0.3) is 0 Å². The molecule has 4 heteroatoms. The molecule has 0 saturated carbocycles. The molecule has 0 fully saturated rings. The minimum atomic E-state index is 0.750. The van der Waals surface area contributed by atoms with Crippen LogP contribution in [0.3, 0.4) is 0 Å². The summed E-state index contributed by atoms with van der Waals surface area (Å²) in [4.78, 5) is 16.7. The fourth-order valence-corrected chi connectivity index (χ4v) is 0.534. The van der Waals surface area contributed by atoms with Crippen LogP contribution in [0.1, 0.15) is 25.8 Å². The van der Waals surface area contributed by atoms with Crippen molar-refractivity contribution in [3.8, 4) is 0 Å². The van der Waals surface area contributed by atoms with Crippen molar-refractivity contribution in [3.63, 3.8) is 0 Å². The average Bonchev–Trinajstić information content (AvgIpc) is 2.22. The van der Waals surface area contributed by atoms with Crippen molar-refractivity contribution in [2.75, 3.05) is 0 Å². The molecule has 16 heavy (non-hydrogen) atoms. The third-order valence-electron chi connectivity index (χ3n) is 0.940.